The van der Waals surface area contributed by atoms with E-state index in [1.165, 1.54) is 19.2 Å². The molecule has 0 spiro atoms. The summed E-state index contributed by atoms with van der Waals surface area (Å²) in [6, 6.07) is 11.0. The first-order valence-corrected chi connectivity index (χ1v) is 11.6. The minimum atomic E-state index is -4.05. The van der Waals surface area contributed by atoms with Gasteiger partial charge in [0.1, 0.15) is 25.5 Å². The smallest absolute Gasteiger partial charge is 0.264 e. The second-order valence-electron chi connectivity index (χ2n) is 7.55. The number of rotatable bonds is 9. The van der Waals surface area contributed by atoms with Crippen molar-refractivity contribution < 1.29 is 27.4 Å². The molecule has 1 amide bonds. The molecule has 0 aromatic heterocycles. The van der Waals surface area contributed by atoms with E-state index in [1.807, 2.05) is 0 Å². The van der Waals surface area contributed by atoms with E-state index in [1.54, 1.807) is 30.3 Å². The lowest BCUT2D eigenvalue weighted by atomic mass is 10.1. The van der Waals surface area contributed by atoms with Gasteiger partial charge in [-0.3, -0.25) is 9.10 Å². The predicted octanol–water partition coefficient (Wildman–Crippen LogP) is 2.82. The Morgan fingerprint density at radius 3 is 2.42 bits per heavy atom. The van der Waals surface area contributed by atoms with Gasteiger partial charge >= 0.3 is 0 Å². The molecule has 3 rings (SSSR count). The summed E-state index contributed by atoms with van der Waals surface area (Å²) >= 11 is 0. The molecule has 8 nitrogen and oxygen atoms in total. The third kappa shape index (κ3) is 5.61. The lowest BCUT2D eigenvalue weighted by Crippen LogP contribution is -2.41. The number of nitrogens with zero attached hydrogens (tertiary/aromatic N) is 1. The van der Waals surface area contributed by atoms with E-state index in [9.17, 15) is 13.2 Å². The van der Waals surface area contributed by atoms with Gasteiger partial charge in [-0.15, -0.1) is 0 Å². The number of amides is 1. The Labute approximate surface area is 183 Å². The molecule has 31 heavy (non-hydrogen) atoms. The molecule has 0 fully saturated rings. The summed E-state index contributed by atoms with van der Waals surface area (Å²) in [6.45, 7) is 5.01. The fraction of sp³-hybridized carbons (Fsp3) is 0.409. The lowest BCUT2D eigenvalue weighted by molar-refractivity contribution is -0.119. The average molecular weight is 449 g/mol. The number of carbonyl (C=O) groups excluding carboxylic acids is 1. The number of hydrogen-bond acceptors (Lipinski definition) is 6. The zero-order valence-electron chi connectivity index (χ0n) is 18.0. The van der Waals surface area contributed by atoms with Crippen LogP contribution in [0, 0.1) is 5.92 Å². The largest absolute Gasteiger partial charge is 0.497 e. The summed E-state index contributed by atoms with van der Waals surface area (Å²) in [5.41, 5.74) is 0.356. The minimum absolute atomic E-state index is 0.0162. The number of benzene rings is 2. The number of fused-ring (bicyclic) bond motifs is 1. The van der Waals surface area contributed by atoms with Crippen molar-refractivity contribution >= 4 is 21.6 Å². The maximum absolute atomic E-state index is 13.5. The Kier molecular flexibility index (Phi) is 7.27. The van der Waals surface area contributed by atoms with Crippen LogP contribution in [0.1, 0.15) is 20.3 Å². The Bertz CT molecular complexity index is 1010. The normalized spacial score (nSPS) is 13.0. The molecule has 0 bridgehead atoms. The number of ether oxygens (including phenoxy) is 3. The maximum atomic E-state index is 13.5. The Balaban J connectivity index is 1.91. The highest BCUT2D eigenvalue weighted by Crippen LogP contribution is 2.34. The van der Waals surface area contributed by atoms with Crippen molar-refractivity contribution in [3.8, 4) is 17.2 Å². The second kappa shape index (κ2) is 9.91. The van der Waals surface area contributed by atoms with Crippen LogP contribution in [0.3, 0.4) is 0 Å². The van der Waals surface area contributed by atoms with E-state index in [0.717, 1.165) is 10.7 Å². The van der Waals surface area contributed by atoms with Crippen molar-refractivity contribution in [3.05, 3.63) is 42.5 Å². The zero-order chi connectivity index (χ0) is 22.4. The summed E-state index contributed by atoms with van der Waals surface area (Å²) in [5, 5.41) is 2.80. The van der Waals surface area contributed by atoms with Crippen molar-refractivity contribution in [2.24, 2.45) is 5.92 Å². The highest BCUT2D eigenvalue weighted by Gasteiger charge is 2.29. The van der Waals surface area contributed by atoms with Crippen LogP contribution >= 0.6 is 0 Å². The fourth-order valence-electron chi connectivity index (χ4n) is 3.06. The van der Waals surface area contributed by atoms with Crippen LogP contribution < -0.4 is 23.8 Å². The number of anilines is 1. The molecule has 2 aromatic rings. The summed E-state index contributed by atoms with van der Waals surface area (Å²) in [7, 11) is -2.52. The zero-order valence-corrected chi connectivity index (χ0v) is 18.8. The standard InChI is InChI=1S/C22H28N2O6S/c1-16(2)10-11-23-22(25)15-24(17-4-6-18(28-3)7-5-17)31(26,27)19-8-9-20-21(14-19)30-13-12-29-20/h4-9,14,16H,10-13,15H2,1-3H3,(H,23,25). The lowest BCUT2D eigenvalue weighted by Gasteiger charge is -2.25. The number of methoxy groups -OCH3 is 1. The first kappa shape index (κ1) is 22.7. The Morgan fingerprint density at radius 2 is 1.77 bits per heavy atom. The summed E-state index contributed by atoms with van der Waals surface area (Å²) < 4.78 is 44.3. The van der Waals surface area contributed by atoms with E-state index in [2.05, 4.69) is 19.2 Å². The molecule has 0 radical (unpaired) electrons. The molecule has 0 saturated carbocycles. The van der Waals surface area contributed by atoms with Gasteiger partial charge in [0.2, 0.25) is 5.91 Å². The molecular weight excluding hydrogens is 420 g/mol. The molecule has 0 unspecified atom stereocenters. The topological polar surface area (TPSA) is 94.2 Å². The molecule has 1 heterocycles. The highest BCUT2D eigenvalue weighted by molar-refractivity contribution is 7.92. The van der Waals surface area contributed by atoms with Crippen molar-refractivity contribution in [1.82, 2.24) is 5.32 Å². The molecule has 168 valence electrons. The molecule has 0 saturated heterocycles. The van der Waals surface area contributed by atoms with Crippen LogP contribution in [-0.2, 0) is 14.8 Å². The predicted molar refractivity (Wildman–Crippen MR) is 117 cm³/mol. The molecule has 1 N–H and O–H groups in total. The average Bonchev–Trinajstić information content (AvgIpc) is 2.77. The highest BCUT2D eigenvalue weighted by atomic mass is 32.2. The summed E-state index contributed by atoms with van der Waals surface area (Å²) in [4.78, 5) is 12.6. The molecule has 1 aliphatic rings. The SMILES string of the molecule is COc1ccc(N(CC(=O)NCCC(C)C)S(=O)(=O)c2ccc3c(c2)OCCO3)cc1. The Hall–Kier alpha value is -2.94. The number of nitrogens with one attached hydrogen (secondary N) is 1. The first-order valence-electron chi connectivity index (χ1n) is 10.1. The van der Waals surface area contributed by atoms with Gasteiger partial charge < -0.3 is 19.5 Å². The molecule has 9 heteroatoms. The minimum Gasteiger partial charge on any atom is -0.497 e. The van der Waals surface area contributed by atoms with Gasteiger partial charge in [0, 0.05) is 12.6 Å². The van der Waals surface area contributed by atoms with E-state index in [0.29, 0.717) is 48.6 Å². The maximum Gasteiger partial charge on any atom is 0.264 e. The van der Waals surface area contributed by atoms with E-state index < -0.39 is 10.0 Å². The summed E-state index contributed by atoms with van der Waals surface area (Å²) in [6.07, 6.45) is 0.809. The van der Waals surface area contributed by atoms with E-state index in [-0.39, 0.29) is 17.3 Å². The van der Waals surface area contributed by atoms with Gasteiger partial charge in [0.25, 0.3) is 10.0 Å². The quantitative estimate of drug-likeness (QED) is 0.634. The molecule has 2 aromatic carbocycles. The van der Waals surface area contributed by atoms with Gasteiger partial charge in [-0.25, -0.2) is 8.42 Å². The molecule has 0 atom stereocenters. The van der Waals surface area contributed by atoms with Crippen LogP contribution in [0.2, 0.25) is 0 Å². The van der Waals surface area contributed by atoms with Crippen molar-refractivity contribution in [2.75, 3.05) is 37.7 Å². The molecule has 0 aliphatic carbocycles. The van der Waals surface area contributed by atoms with Gasteiger partial charge in [0.05, 0.1) is 17.7 Å². The number of carbonyl (C=O) groups is 1. The summed E-state index contributed by atoms with van der Waals surface area (Å²) in [5.74, 6) is 1.50. The third-order valence-corrected chi connectivity index (χ3v) is 6.56. The van der Waals surface area contributed by atoms with Crippen LogP contribution in [0.15, 0.2) is 47.4 Å². The van der Waals surface area contributed by atoms with Crippen LogP contribution in [0.4, 0.5) is 5.69 Å². The fourth-order valence-corrected chi connectivity index (χ4v) is 4.50. The van der Waals surface area contributed by atoms with Gasteiger partial charge in [-0.05, 0) is 48.7 Å². The van der Waals surface area contributed by atoms with Gasteiger partial charge in [-0.2, -0.15) is 0 Å². The third-order valence-electron chi connectivity index (χ3n) is 4.79. The number of sulfonamides is 1. The first-order chi connectivity index (χ1) is 14.8. The number of hydrogen-bond donors (Lipinski definition) is 1. The van der Waals surface area contributed by atoms with Crippen LogP contribution in [0.5, 0.6) is 17.2 Å². The van der Waals surface area contributed by atoms with E-state index >= 15 is 0 Å². The van der Waals surface area contributed by atoms with Gasteiger partial charge in [0.15, 0.2) is 11.5 Å². The molecular formula is C22H28N2O6S. The second-order valence-corrected chi connectivity index (χ2v) is 9.41. The van der Waals surface area contributed by atoms with Crippen molar-refractivity contribution in [3.63, 3.8) is 0 Å². The van der Waals surface area contributed by atoms with E-state index in [4.69, 9.17) is 14.2 Å². The molecule has 1 aliphatic heterocycles. The van der Waals surface area contributed by atoms with Crippen molar-refractivity contribution in [2.45, 2.75) is 25.2 Å². The monoisotopic (exact) mass is 448 g/mol. The van der Waals surface area contributed by atoms with Crippen molar-refractivity contribution in [1.29, 1.82) is 0 Å². The van der Waals surface area contributed by atoms with Crippen LogP contribution in [0.25, 0.3) is 0 Å². The van der Waals surface area contributed by atoms with Gasteiger partial charge in [-0.1, -0.05) is 13.8 Å². The Morgan fingerprint density at radius 1 is 1.10 bits per heavy atom. The van der Waals surface area contributed by atoms with Crippen LogP contribution in [-0.4, -0.2) is 47.7 Å².